The van der Waals surface area contributed by atoms with Gasteiger partial charge < -0.3 is 16.0 Å². The second kappa shape index (κ2) is 10.0. The van der Waals surface area contributed by atoms with Gasteiger partial charge in [0, 0.05) is 26.2 Å². The average molecular weight is 297 g/mol. The molecule has 2 unspecified atom stereocenters. The van der Waals surface area contributed by atoms with Crippen molar-refractivity contribution in [2.75, 3.05) is 32.7 Å². The second-order valence-electron chi connectivity index (χ2n) is 7.29. The number of nitrogens with zero attached hydrogens (tertiary/aromatic N) is 2. The third kappa shape index (κ3) is 8.97. The molecule has 4 heteroatoms. The molecule has 1 aliphatic heterocycles. The van der Waals surface area contributed by atoms with Gasteiger partial charge in [0.05, 0.1) is 0 Å². The van der Waals surface area contributed by atoms with Crippen molar-refractivity contribution < 1.29 is 0 Å². The summed E-state index contributed by atoms with van der Waals surface area (Å²) in [5.74, 6) is 3.02. The summed E-state index contributed by atoms with van der Waals surface area (Å²) in [6.45, 7) is 14.7. The molecule has 1 fully saturated rings. The van der Waals surface area contributed by atoms with Gasteiger partial charge in [0.2, 0.25) is 0 Å². The van der Waals surface area contributed by atoms with E-state index in [-0.39, 0.29) is 0 Å². The van der Waals surface area contributed by atoms with Crippen LogP contribution >= 0.6 is 0 Å². The van der Waals surface area contributed by atoms with Crippen LogP contribution in [0.1, 0.15) is 53.4 Å². The van der Waals surface area contributed by atoms with Gasteiger partial charge in [-0.05, 0) is 50.0 Å². The smallest absolute Gasteiger partial charge is 0.188 e. The van der Waals surface area contributed by atoms with Gasteiger partial charge in [-0.3, -0.25) is 4.99 Å². The van der Waals surface area contributed by atoms with Crippen LogP contribution in [-0.4, -0.2) is 43.6 Å². The highest BCUT2D eigenvalue weighted by molar-refractivity contribution is 5.77. The van der Waals surface area contributed by atoms with Crippen LogP contribution in [0, 0.1) is 17.8 Å². The van der Waals surface area contributed by atoms with E-state index < -0.39 is 0 Å². The van der Waals surface area contributed by atoms with Gasteiger partial charge >= 0.3 is 0 Å². The molecule has 124 valence electrons. The first-order valence-corrected chi connectivity index (χ1v) is 8.73. The summed E-state index contributed by atoms with van der Waals surface area (Å²) >= 11 is 0. The lowest BCUT2D eigenvalue weighted by atomic mass is 9.92. The minimum Gasteiger partial charge on any atom is -0.370 e. The van der Waals surface area contributed by atoms with Crippen LogP contribution in [0.2, 0.25) is 0 Å². The van der Waals surface area contributed by atoms with E-state index in [4.69, 9.17) is 5.73 Å². The maximum Gasteiger partial charge on any atom is 0.188 e. The van der Waals surface area contributed by atoms with Crippen molar-refractivity contribution in [3.8, 4) is 0 Å². The molecule has 0 aromatic rings. The number of likely N-dealkylation sites (tertiary alicyclic amines) is 1. The molecule has 1 aliphatic rings. The van der Waals surface area contributed by atoms with Gasteiger partial charge in [-0.1, -0.05) is 27.7 Å². The zero-order chi connectivity index (χ0) is 15.7. The molecule has 0 bridgehead atoms. The Balaban J connectivity index is 2.05. The molecule has 21 heavy (non-hydrogen) atoms. The van der Waals surface area contributed by atoms with Crippen LogP contribution in [0.5, 0.6) is 0 Å². The summed E-state index contributed by atoms with van der Waals surface area (Å²) in [6.07, 6.45) is 4.88. The van der Waals surface area contributed by atoms with Crippen LogP contribution in [-0.2, 0) is 0 Å². The molecule has 3 N–H and O–H groups in total. The maximum atomic E-state index is 5.85. The normalized spacial score (nSPS) is 24.5. The summed E-state index contributed by atoms with van der Waals surface area (Å²) in [5.41, 5.74) is 5.85. The minimum absolute atomic E-state index is 0.607. The number of nitrogens with one attached hydrogen (secondary N) is 1. The van der Waals surface area contributed by atoms with Crippen molar-refractivity contribution in [2.24, 2.45) is 28.5 Å². The molecule has 1 heterocycles. The molecule has 0 aliphatic carbocycles. The SMILES string of the molecule is CC(C)CCNC(N)=NCCCCN1CC(C)CC(C)C1. The largest absolute Gasteiger partial charge is 0.370 e. The summed E-state index contributed by atoms with van der Waals surface area (Å²) in [7, 11) is 0. The van der Waals surface area contributed by atoms with Crippen molar-refractivity contribution >= 4 is 5.96 Å². The monoisotopic (exact) mass is 296 g/mol. The van der Waals surface area contributed by atoms with Crippen LogP contribution in [0.15, 0.2) is 4.99 Å². The Hall–Kier alpha value is -0.770. The number of aliphatic imine (C=N–C) groups is 1. The number of unbranched alkanes of at least 4 members (excludes halogenated alkanes) is 1. The molecule has 4 nitrogen and oxygen atoms in total. The quantitative estimate of drug-likeness (QED) is 0.411. The fourth-order valence-electron chi connectivity index (χ4n) is 3.17. The third-order valence-corrected chi connectivity index (χ3v) is 4.14. The molecule has 0 saturated carbocycles. The van der Waals surface area contributed by atoms with Gasteiger partial charge in [-0.25, -0.2) is 0 Å². The van der Waals surface area contributed by atoms with E-state index in [2.05, 4.69) is 42.9 Å². The van der Waals surface area contributed by atoms with E-state index in [0.29, 0.717) is 11.9 Å². The predicted octanol–water partition coefficient (Wildman–Crippen LogP) is 2.69. The Morgan fingerprint density at radius 1 is 1.24 bits per heavy atom. The number of rotatable bonds is 8. The molecule has 0 aromatic heterocycles. The van der Waals surface area contributed by atoms with E-state index in [1.54, 1.807) is 0 Å². The van der Waals surface area contributed by atoms with Gasteiger partial charge in [-0.15, -0.1) is 0 Å². The molecule has 0 amide bonds. The van der Waals surface area contributed by atoms with E-state index in [1.807, 2.05) is 0 Å². The molecule has 0 spiro atoms. The second-order valence-corrected chi connectivity index (χ2v) is 7.29. The van der Waals surface area contributed by atoms with Crippen LogP contribution in [0.3, 0.4) is 0 Å². The Morgan fingerprint density at radius 2 is 1.90 bits per heavy atom. The molecular formula is C17H36N4. The van der Waals surface area contributed by atoms with Gasteiger partial charge in [-0.2, -0.15) is 0 Å². The van der Waals surface area contributed by atoms with Gasteiger partial charge in [0.1, 0.15) is 0 Å². The summed E-state index contributed by atoms with van der Waals surface area (Å²) in [6, 6.07) is 0. The summed E-state index contributed by atoms with van der Waals surface area (Å²) in [4.78, 5) is 7.02. The summed E-state index contributed by atoms with van der Waals surface area (Å²) in [5, 5.41) is 3.18. The summed E-state index contributed by atoms with van der Waals surface area (Å²) < 4.78 is 0. The topological polar surface area (TPSA) is 53.6 Å². The van der Waals surface area contributed by atoms with Crippen molar-refractivity contribution in [2.45, 2.75) is 53.4 Å². The molecule has 0 radical (unpaired) electrons. The number of guanidine groups is 1. The molecule has 1 rings (SSSR count). The molecule has 2 atom stereocenters. The number of nitrogens with two attached hydrogens (primary N) is 1. The zero-order valence-electron chi connectivity index (χ0n) is 14.6. The molecule has 1 saturated heterocycles. The van der Waals surface area contributed by atoms with E-state index in [1.165, 1.54) is 32.5 Å². The standard InChI is InChI=1S/C17H36N4/c1-14(2)7-9-20-17(18)19-8-5-6-10-21-12-15(3)11-16(4)13-21/h14-16H,5-13H2,1-4H3,(H3,18,19,20). The lowest BCUT2D eigenvalue weighted by Crippen LogP contribution is -2.39. The number of hydrogen-bond acceptors (Lipinski definition) is 2. The predicted molar refractivity (Wildman–Crippen MR) is 92.6 cm³/mol. The van der Waals surface area contributed by atoms with E-state index >= 15 is 0 Å². The first-order chi connectivity index (χ1) is 9.97. The lowest BCUT2D eigenvalue weighted by Gasteiger charge is -2.34. The minimum atomic E-state index is 0.607. The molecule has 0 aromatic carbocycles. The van der Waals surface area contributed by atoms with Crippen LogP contribution < -0.4 is 11.1 Å². The Morgan fingerprint density at radius 3 is 2.52 bits per heavy atom. The highest BCUT2D eigenvalue weighted by atomic mass is 15.1. The van der Waals surface area contributed by atoms with E-state index in [0.717, 1.165) is 37.8 Å². The maximum absolute atomic E-state index is 5.85. The van der Waals surface area contributed by atoms with Gasteiger partial charge in [0.15, 0.2) is 5.96 Å². The van der Waals surface area contributed by atoms with Crippen molar-refractivity contribution in [1.82, 2.24) is 10.2 Å². The number of piperidine rings is 1. The van der Waals surface area contributed by atoms with Crippen molar-refractivity contribution in [3.05, 3.63) is 0 Å². The average Bonchev–Trinajstić information content (AvgIpc) is 2.36. The first kappa shape index (κ1) is 18.3. The fraction of sp³-hybridized carbons (Fsp3) is 0.941. The number of hydrogen-bond donors (Lipinski definition) is 2. The van der Waals surface area contributed by atoms with E-state index in [9.17, 15) is 0 Å². The zero-order valence-corrected chi connectivity index (χ0v) is 14.6. The fourth-order valence-corrected chi connectivity index (χ4v) is 3.17. The van der Waals surface area contributed by atoms with Crippen LogP contribution in [0.25, 0.3) is 0 Å². The highest BCUT2D eigenvalue weighted by Crippen LogP contribution is 2.20. The Kier molecular flexibility index (Phi) is 8.74. The van der Waals surface area contributed by atoms with Crippen molar-refractivity contribution in [3.63, 3.8) is 0 Å². The lowest BCUT2D eigenvalue weighted by molar-refractivity contribution is 0.139. The Bertz CT molecular complexity index is 291. The van der Waals surface area contributed by atoms with Crippen molar-refractivity contribution in [1.29, 1.82) is 0 Å². The highest BCUT2D eigenvalue weighted by Gasteiger charge is 2.20. The Labute approximate surface area is 131 Å². The van der Waals surface area contributed by atoms with Crippen LogP contribution in [0.4, 0.5) is 0 Å². The first-order valence-electron chi connectivity index (χ1n) is 8.73. The van der Waals surface area contributed by atoms with Gasteiger partial charge in [0.25, 0.3) is 0 Å². The third-order valence-electron chi connectivity index (χ3n) is 4.14. The molecular weight excluding hydrogens is 260 g/mol.